The van der Waals surface area contributed by atoms with E-state index in [0.29, 0.717) is 32.1 Å². The molecule has 0 radical (unpaired) electrons. The highest BCUT2D eigenvalue weighted by Crippen LogP contribution is 2.18. The normalized spacial score (nSPS) is 10.9. The Balaban J connectivity index is 0.00000576. The van der Waals surface area contributed by atoms with Crippen molar-refractivity contribution >= 4 is 51.8 Å². The smallest absolute Gasteiger partial charge is 0.242 e. The number of amides is 1. The third kappa shape index (κ3) is 7.89. The van der Waals surface area contributed by atoms with E-state index >= 15 is 0 Å². The van der Waals surface area contributed by atoms with Crippen molar-refractivity contribution in [2.24, 2.45) is 4.99 Å². The lowest BCUT2D eigenvalue weighted by Crippen LogP contribution is -2.45. The molecule has 0 atom stereocenters. The number of rotatable bonds is 7. The Morgan fingerprint density at radius 3 is 2.48 bits per heavy atom. The molecule has 0 saturated heterocycles. The second-order valence-corrected chi connectivity index (χ2v) is 6.18. The third-order valence-corrected chi connectivity index (χ3v) is 4.37. The lowest BCUT2D eigenvalue weighted by Gasteiger charge is -2.25. The van der Waals surface area contributed by atoms with Gasteiger partial charge in [-0.3, -0.25) is 4.79 Å². The summed E-state index contributed by atoms with van der Waals surface area (Å²) in [4.78, 5) is 20.3. The van der Waals surface area contributed by atoms with Gasteiger partial charge in [-0.05, 0) is 44.5 Å². The first kappa shape index (κ1) is 24.1. The van der Waals surface area contributed by atoms with Crippen LogP contribution in [0.3, 0.4) is 0 Å². The highest BCUT2D eigenvalue weighted by Gasteiger charge is 2.15. The molecular weight excluding hydrogens is 502 g/mol. The first-order valence-electron chi connectivity index (χ1n) is 8.14. The average molecular weight is 529 g/mol. The molecule has 0 aliphatic carbocycles. The molecular formula is C17H27BrFIN4O. The van der Waals surface area contributed by atoms with Crippen LogP contribution in [0.4, 0.5) is 4.39 Å². The van der Waals surface area contributed by atoms with Gasteiger partial charge in [-0.25, -0.2) is 9.38 Å². The third-order valence-electron chi connectivity index (χ3n) is 3.59. The number of hydrogen-bond donors (Lipinski definition) is 1. The molecule has 0 aromatic heterocycles. The maximum Gasteiger partial charge on any atom is 0.242 e. The minimum Gasteiger partial charge on any atom is -0.357 e. The van der Waals surface area contributed by atoms with Crippen molar-refractivity contribution in [2.45, 2.75) is 27.3 Å². The van der Waals surface area contributed by atoms with E-state index in [1.807, 2.05) is 27.8 Å². The van der Waals surface area contributed by atoms with Gasteiger partial charge in [-0.2, -0.15) is 0 Å². The van der Waals surface area contributed by atoms with E-state index in [9.17, 15) is 9.18 Å². The number of benzene rings is 1. The van der Waals surface area contributed by atoms with Gasteiger partial charge in [0.15, 0.2) is 5.96 Å². The topological polar surface area (TPSA) is 47.9 Å². The molecule has 0 aliphatic rings. The molecule has 1 aromatic rings. The van der Waals surface area contributed by atoms with Gasteiger partial charge in [0.05, 0.1) is 13.1 Å². The van der Waals surface area contributed by atoms with E-state index in [4.69, 9.17) is 0 Å². The maximum absolute atomic E-state index is 13.4. The van der Waals surface area contributed by atoms with Gasteiger partial charge >= 0.3 is 0 Å². The Hall–Kier alpha value is -0.900. The lowest BCUT2D eigenvalue weighted by molar-refractivity contribution is -0.131. The Kier molecular flexibility index (Phi) is 12.0. The summed E-state index contributed by atoms with van der Waals surface area (Å²) in [6.07, 6.45) is 0. The zero-order valence-corrected chi connectivity index (χ0v) is 19.1. The van der Waals surface area contributed by atoms with Crippen LogP contribution in [0.5, 0.6) is 0 Å². The van der Waals surface area contributed by atoms with Gasteiger partial charge in [0.2, 0.25) is 5.91 Å². The Morgan fingerprint density at radius 1 is 1.28 bits per heavy atom. The van der Waals surface area contributed by atoms with Crippen LogP contribution >= 0.6 is 39.9 Å². The predicted molar refractivity (Wildman–Crippen MR) is 115 cm³/mol. The molecule has 1 rings (SSSR count). The number of guanidine groups is 1. The first-order valence-corrected chi connectivity index (χ1v) is 8.93. The molecule has 0 heterocycles. The quantitative estimate of drug-likeness (QED) is 0.335. The number of aliphatic imine (C=N–C) groups is 1. The Labute approximate surface area is 175 Å². The SMILES string of the molecule is CCNC(=NCc1cc(F)ccc1Br)N(C)CC(=O)N(CC)CC.I. The molecule has 1 amide bonds. The van der Waals surface area contributed by atoms with Crippen molar-refractivity contribution in [3.05, 3.63) is 34.1 Å². The highest BCUT2D eigenvalue weighted by atomic mass is 127. The second-order valence-electron chi connectivity index (χ2n) is 5.33. The summed E-state index contributed by atoms with van der Waals surface area (Å²) in [6, 6.07) is 4.52. The van der Waals surface area contributed by atoms with E-state index in [-0.39, 0.29) is 42.2 Å². The monoisotopic (exact) mass is 528 g/mol. The van der Waals surface area contributed by atoms with Gasteiger partial charge in [0.1, 0.15) is 5.82 Å². The fourth-order valence-corrected chi connectivity index (χ4v) is 2.62. The molecule has 0 spiro atoms. The van der Waals surface area contributed by atoms with Gasteiger partial charge in [0.25, 0.3) is 0 Å². The number of carbonyl (C=O) groups excluding carboxylic acids is 1. The van der Waals surface area contributed by atoms with Gasteiger partial charge in [-0.15, -0.1) is 24.0 Å². The number of nitrogens with one attached hydrogen (secondary N) is 1. The van der Waals surface area contributed by atoms with Crippen molar-refractivity contribution in [3.8, 4) is 0 Å². The number of carbonyl (C=O) groups is 1. The molecule has 25 heavy (non-hydrogen) atoms. The van der Waals surface area contributed by atoms with Crippen molar-refractivity contribution in [2.75, 3.05) is 33.2 Å². The van der Waals surface area contributed by atoms with E-state index in [1.54, 1.807) is 15.9 Å². The highest BCUT2D eigenvalue weighted by molar-refractivity contribution is 14.0. The van der Waals surface area contributed by atoms with Gasteiger partial charge < -0.3 is 15.1 Å². The molecule has 0 aliphatic heterocycles. The van der Waals surface area contributed by atoms with Crippen LogP contribution in [0.25, 0.3) is 0 Å². The van der Waals surface area contributed by atoms with E-state index in [1.165, 1.54) is 12.1 Å². The van der Waals surface area contributed by atoms with Crippen molar-refractivity contribution in [3.63, 3.8) is 0 Å². The fourth-order valence-electron chi connectivity index (χ4n) is 2.25. The molecule has 142 valence electrons. The predicted octanol–water partition coefficient (Wildman–Crippen LogP) is 3.47. The molecule has 1 aromatic carbocycles. The molecule has 5 nitrogen and oxygen atoms in total. The van der Waals surface area contributed by atoms with Crippen LogP contribution in [0.2, 0.25) is 0 Å². The van der Waals surface area contributed by atoms with E-state index in [0.717, 1.165) is 10.0 Å². The van der Waals surface area contributed by atoms with Crippen LogP contribution in [0.15, 0.2) is 27.7 Å². The fraction of sp³-hybridized carbons (Fsp3) is 0.529. The van der Waals surface area contributed by atoms with Crippen molar-refractivity contribution < 1.29 is 9.18 Å². The van der Waals surface area contributed by atoms with Crippen LogP contribution in [-0.2, 0) is 11.3 Å². The van der Waals surface area contributed by atoms with E-state index in [2.05, 4.69) is 26.2 Å². The van der Waals surface area contributed by atoms with Crippen LogP contribution < -0.4 is 5.32 Å². The largest absolute Gasteiger partial charge is 0.357 e. The Morgan fingerprint density at radius 2 is 1.92 bits per heavy atom. The second kappa shape index (κ2) is 12.5. The van der Waals surface area contributed by atoms with Gasteiger partial charge in [0, 0.05) is 31.2 Å². The molecule has 0 fully saturated rings. The zero-order valence-electron chi connectivity index (χ0n) is 15.2. The summed E-state index contributed by atoms with van der Waals surface area (Å²) in [5.41, 5.74) is 0.758. The average Bonchev–Trinajstić information content (AvgIpc) is 2.55. The summed E-state index contributed by atoms with van der Waals surface area (Å²) >= 11 is 3.40. The summed E-state index contributed by atoms with van der Waals surface area (Å²) in [5, 5.41) is 3.16. The van der Waals surface area contributed by atoms with Gasteiger partial charge in [-0.1, -0.05) is 15.9 Å². The standard InChI is InChI=1S/C17H26BrFN4O.HI/c1-5-20-17(22(4)12-16(24)23(6-2)7-3)21-11-13-10-14(19)8-9-15(13)18;/h8-10H,5-7,11-12H2,1-4H3,(H,20,21);1H. The van der Waals surface area contributed by atoms with E-state index < -0.39 is 0 Å². The van der Waals surface area contributed by atoms with Crippen LogP contribution in [-0.4, -0.2) is 54.9 Å². The molecule has 0 saturated carbocycles. The minimum absolute atomic E-state index is 0. The minimum atomic E-state index is -0.293. The molecule has 1 N–H and O–H groups in total. The van der Waals surface area contributed by atoms with Crippen LogP contribution in [0.1, 0.15) is 26.3 Å². The number of hydrogen-bond acceptors (Lipinski definition) is 2. The molecule has 0 bridgehead atoms. The number of halogens is 3. The number of nitrogens with zero attached hydrogens (tertiary/aromatic N) is 3. The molecule has 8 heteroatoms. The van der Waals surface area contributed by atoms with Crippen molar-refractivity contribution in [1.29, 1.82) is 0 Å². The summed E-state index contributed by atoms with van der Waals surface area (Å²) in [6.45, 7) is 8.52. The maximum atomic E-state index is 13.4. The first-order chi connectivity index (χ1) is 11.4. The summed E-state index contributed by atoms with van der Waals surface area (Å²) in [5.74, 6) is 0.382. The zero-order chi connectivity index (χ0) is 18.1. The molecule has 0 unspecified atom stereocenters. The van der Waals surface area contributed by atoms with Crippen LogP contribution in [0, 0.1) is 5.82 Å². The summed E-state index contributed by atoms with van der Waals surface area (Å²) < 4.78 is 14.2. The summed E-state index contributed by atoms with van der Waals surface area (Å²) in [7, 11) is 1.82. The lowest BCUT2D eigenvalue weighted by atomic mass is 10.2. The van der Waals surface area contributed by atoms with Crippen molar-refractivity contribution in [1.82, 2.24) is 15.1 Å². The Bertz CT molecular complexity index is 582. The number of likely N-dealkylation sites (N-methyl/N-ethyl adjacent to an activating group) is 2.